The summed E-state index contributed by atoms with van der Waals surface area (Å²) in [6.07, 6.45) is 3.06. The predicted octanol–water partition coefficient (Wildman–Crippen LogP) is 2.48. The van der Waals surface area contributed by atoms with Crippen molar-refractivity contribution in [2.45, 2.75) is 45.2 Å². The lowest BCUT2D eigenvalue weighted by Gasteiger charge is -2.30. The molecule has 19 heavy (non-hydrogen) atoms. The van der Waals surface area contributed by atoms with Gasteiger partial charge in [-0.1, -0.05) is 44.5 Å². The van der Waals surface area contributed by atoms with E-state index in [9.17, 15) is 8.42 Å². The Morgan fingerprint density at radius 1 is 1.16 bits per heavy atom. The van der Waals surface area contributed by atoms with E-state index in [2.05, 4.69) is 36.5 Å². The van der Waals surface area contributed by atoms with Gasteiger partial charge in [0.25, 0.3) is 0 Å². The SMILES string of the molecule is CCCc1ccc(C2CS(=O)(=O)CC(CC)N2)cc1. The maximum atomic E-state index is 11.9. The fraction of sp³-hybridized carbons (Fsp3) is 0.600. The zero-order valence-electron chi connectivity index (χ0n) is 11.7. The number of rotatable bonds is 4. The van der Waals surface area contributed by atoms with Gasteiger partial charge < -0.3 is 5.32 Å². The van der Waals surface area contributed by atoms with Crippen molar-refractivity contribution < 1.29 is 8.42 Å². The maximum Gasteiger partial charge on any atom is 0.153 e. The quantitative estimate of drug-likeness (QED) is 0.922. The van der Waals surface area contributed by atoms with E-state index in [-0.39, 0.29) is 23.6 Å². The lowest BCUT2D eigenvalue weighted by atomic mass is 10.0. The summed E-state index contributed by atoms with van der Waals surface area (Å²) in [6.45, 7) is 4.19. The standard InChI is InChI=1S/C15H23NO2S/c1-3-5-12-6-8-13(9-7-12)15-11-19(17,18)10-14(4-2)16-15/h6-9,14-16H,3-5,10-11H2,1-2H3. The van der Waals surface area contributed by atoms with Crippen LogP contribution in [0.25, 0.3) is 0 Å². The van der Waals surface area contributed by atoms with E-state index in [0.717, 1.165) is 24.8 Å². The number of sulfone groups is 1. The highest BCUT2D eigenvalue weighted by Gasteiger charge is 2.30. The van der Waals surface area contributed by atoms with Crippen LogP contribution < -0.4 is 5.32 Å². The molecule has 0 amide bonds. The second-order valence-electron chi connectivity index (χ2n) is 5.39. The molecule has 0 aromatic heterocycles. The van der Waals surface area contributed by atoms with Crippen molar-refractivity contribution in [3.05, 3.63) is 35.4 Å². The van der Waals surface area contributed by atoms with Crippen molar-refractivity contribution in [2.75, 3.05) is 11.5 Å². The molecule has 0 radical (unpaired) electrons. The fourth-order valence-corrected chi connectivity index (χ4v) is 4.52. The van der Waals surface area contributed by atoms with Gasteiger partial charge in [-0.15, -0.1) is 0 Å². The Bertz CT molecular complexity index is 507. The Morgan fingerprint density at radius 2 is 1.84 bits per heavy atom. The van der Waals surface area contributed by atoms with Gasteiger partial charge in [-0.05, 0) is 24.0 Å². The molecule has 0 spiro atoms. The van der Waals surface area contributed by atoms with Crippen molar-refractivity contribution >= 4 is 9.84 Å². The van der Waals surface area contributed by atoms with Crippen LogP contribution in [0, 0.1) is 0 Å². The van der Waals surface area contributed by atoms with E-state index in [0.29, 0.717) is 0 Å². The molecular formula is C15H23NO2S. The molecule has 1 N–H and O–H groups in total. The third-order valence-corrected chi connectivity index (χ3v) is 5.48. The van der Waals surface area contributed by atoms with Gasteiger partial charge in [0.2, 0.25) is 0 Å². The molecule has 2 rings (SSSR count). The van der Waals surface area contributed by atoms with Crippen LogP contribution in [-0.4, -0.2) is 26.0 Å². The van der Waals surface area contributed by atoms with Crippen molar-refractivity contribution in [1.29, 1.82) is 0 Å². The zero-order chi connectivity index (χ0) is 13.9. The van der Waals surface area contributed by atoms with Crippen LogP contribution in [0.1, 0.15) is 43.9 Å². The van der Waals surface area contributed by atoms with Crippen molar-refractivity contribution in [3.8, 4) is 0 Å². The Morgan fingerprint density at radius 3 is 2.42 bits per heavy atom. The Hall–Kier alpha value is -0.870. The lowest BCUT2D eigenvalue weighted by molar-refractivity contribution is 0.440. The maximum absolute atomic E-state index is 11.9. The van der Waals surface area contributed by atoms with E-state index in [1.807, 2.05) is 6.92 Å². The van der Waals surface area contributed by atoms with Crippen LogP contribution in [-0.2, 0) is 16.3 Å². The summed E-state index contributed by atoms with van der Waals surface area (Å²) in [7, 11) is -2.92. The number of benzene rings is 1. The van der Waals surface area contributed by atoms with Crippen molar-refractivity contribution in [1.82, 2.24) is 5.32 Å². The Kier molecular flexibility index (Phi) is 4.63. The number of aryl methyl sites for hydroxylation is 1. The molecule has 2 atom stereocenters. The molecule has 0 saturated carbocycles. The molecule has 4 heteroatoms. The lowest BCUT2D eigenvalue weighted by Crippen LogP contribution is -2.46. The van der Waals surface area contributed by atoms with Gasteiger partial charge in [-0.2, -0.15) is 0 Å². The highest BCUT2D eigenvalue weighted by molar-refractivity contribution is 7.91. The minimum Gasteiger partial charge on any atom is -0.305 e. The van der Waals surface area contributed by atoms with Crippen LogP contribution in [0.15, 0.2) is 24.3 Å². The molecule has 106 valence electrons. The van der Waals surface area contributed by atoms with Gasteiger partial charge in [-0.25, -0.2) is 8.42 Å². The van der Waals surface area contributed by atoms with Gasteiger partial charge in [0.05, 0.1) is 11.5 Å². The Labute approximate surface area is 116 Å². The number of nitrogens with one attached hydrogen (secondary N) is 1. The summed E-state index contributed by atoms with van der Waals surface area (Å²) in [5.41, 5.74) is 2.40. The molecule has 1 fully saturated rings. The molecule has 1 aliphatic rings. The summed E-state index contributed by atoms with van der Waals surface area (Å²) >= 11 is 0. The molecule has 3 nitrogen and oxygen atoms in total. The summed E-state index contributed by atoms with van der Waals surface area (Å²) in [4.78, 5) is 0. The summed E-state index contributed by atoms with van der Waals surface area (Å²) in [5, 5.41) is 3.45. The van der Waals surface area contributed by atoms with Gasteiger partial charge in [0.15, 0.2) is 9.84 Å². The molecule has 1 aromatic rings. The summed E-state index contributed by atoms with van der Waals surface area (Å²) in [5.74, 6) is 0.491. The van der Waals surface area contributed by atoms with E-state index in [4.69, 9.17) is 0 Å². The van der Waals surface area contributed by atoms with Crippen LogP contribution >= 0.6 is 0 Å². The zero-order valence-corrected chi connectivity index (χ0v) is 12.5. The monoisotopic (exact) mass is 281 g/mol. The van der Waals surface area contributed by atoms with Crippen molar-refractivity contribution in [3.63, 3.8) is 0 Å². The third-order valence-electron chi connectivity index (χ3n) is 3.73. The second-order valence-corrected chi connectivity index (χ2v) is 7.55. The van der Waals surface area contributed by atoms with Crippen molar-refractivity contribution in [2.24, 2.45) is 0 Å². The smallest absolute Gasteiger partial charge is 0.153 e. The second kappa shape index (κ2) is 6.06. The number of hydrogen-bond acceptors (Lipinski definition) is 3. The minimum absolute atomic E-state index is 0.0561. The van der Waals surface area contributed by atoms with Crippen LogP contribution in [0.3, 0.4) is 0 Å². The first kappa shape index (κ1) is 14.5. The van der Waals surface area contributed by atoms with E-state index in [1.165, 1.54) is 5.56 Å². The van der Waals surface area contributed by atoms with E-state index in [1.54, 1.807) is 0 Å². The molecule has 1 aromatic carbocycles. The summed E-state index contributed by atoms with van der Waals surface area (Å²) < 4.78 is 23.9. The van der Waals surface area contributed by atoms with Gasteiger partial charge in [0.1, 0.15) is 0 Å². The molecule has 0 bridgehead atoms. The fourth-order valence-electron chi connectivity index (χ4n) is 2.64. The average molecular weight is 281 g/mol. The van der Waals surface area contributed by atoms with Crippen LogP contribution in [0.5, 0.6) is 0 Å². The molecular weight excluding hydrogens is 258 g/mol. The predicted molar refractivity (Wildman–Crippen MR) is 79.0 cm³/mol. The first-order valence-corrected chi connectivity index (χ1v) is 8.91. The van der Waals surface area contributed by atoms with Crippen LogP contribution in [0.2, 0.25) is 0 Å². The first-order chi connectivity index (χ1) is 9.04. The first-order valence-electron chi connectivity index (χ1n) is 7.09. The minimum atomic E-state index is -2.92. The highest BCUT2D eigenvalue weighted by Crippen LogP contribution is 2.22. The highest BCUT2D eigenvalue weighted by atomic mass is 32.2. The molecule has 2 unspecified atom stereocenters. The van der Waals surface area contributed by atoms with E-state index < -0.39 is 9.84 Å². The van der Waals surface area contributed by atoms with Gasteiger partial charge in [-0.3, -0.25) is 0 Å². The largest absolute Gasteiger partial charge is 0.305 e. The van der Waals surface area contributed by atoms with Gasteiger partial charge in [0, 0.05) is 12.1 Å². The Balaban J connectivity index is 2.16. The normalized spacial score (nSPS) is 26.2. The number of hydrogen-bond donors (Lipinski definition) is 1. The molecule has 0 aliphatic carbocycles. The van der Waals surface area contributed by atoms with Gasteiger partial charge >= 0.3 is 0 Å². The summed E-state index contributed by atoms with van der Waals surface area (Å²) in [6, 6.07) is 8.39. The average Bonchev–Trinajstić information content (AvgIpc) is 2.38. The molecule has 1 saturated heterocycles. The third kappa shape index (κ3) is 3.80. The van der Waals surface area contributed by atoms with E-state index >= 15 is 0 Å². The topological polar surface area (TPSA) is 46.2 Å². The van der Waals surface area contributed by atoms with Crippen LogP contribution in [0.4, 0.5) is 0 Å². The molecule has 1 heterocycles. The molecule has 1 aliphatic heterocycles.